The van der Waals surface area contributed by atoms with Crippen molar-refractivity contribution in [3.63, 3.8) is 0 Å². The Balaban J connectivity index is 1.58. The van der Waals surface area contributed by atoms with Crippen LogP contribution < -0.4 is 0 Å². The Morgan fingerprint density at radius 2 is 1.38 bits per heavy atom. The highest BCUT2D eigenvalue weighted by Crippen LogP contribution is 2.33. The maximum Gasteiger partial charge on any atom is 0.0789 e. The Morgan fingerprint density at radius 3 is 2.00 bits per heavy atom. The molecular weight excluding hydrogens is 194 g/mol. The van der Waals surface area contributed by atoms with Gasteiger partial charge in [-0.2, -0.15) is 0 Å². The van der Waals surface area contributed by atoms with E-state index in [1.54, 1.807) is 0 Å². The molecular formula is C15H30N+. The van der Waals surface area contributed by atoms with Gasteiger partial charge in [0.15, 0.2) is 0 Å². The first-order valence-electron chi connectivity index (χ1n) is 7.70. The molecule has 0 aromatic rings. The summed E-state index contributed by atoms with van der Waals surface area (Å²) in [7, 11) is 0. The Hall–Kier alpha value is -0.0400. The van der Waals surface area contributed by atoms with Crippen LogP contribution in [0.15, 0.2) is 0 Å². The highest BCUT2D eigenvalue weighted by atomic mass is 15.4. The molecule has 0 aromatic heterocycles. The molecule has 3 rings (SSSR count). The average Bonchev–Trinajstić information content (AvgIpc) is 2.36. The molecule has 0 saturated carbocycles. The SMILES string of the molecule is CCCCCCCC[N+]12CCC(CC1)CC2. The van der Waals surface area contributed by atoms with Gasteiger partial charge in [-0.15, -0.1) is 0 Å². The van der Waals surface area contributed by atoms with Gasteiger partial charge in [0, 0.05) is 0 Å². The molecule has 0 amide bonds. The summed E-state index contributed by atoms with van der Waals surface area (Å²) >= 11 is 0. The summed E-state index contributed by atoms with van der Waals surface area (Å²) in [4.78, 5) is 0. The average molecular weight is 224 g/mol. The molecule has 0 aliphatic carbocycles. The largest absolute Gasteiger partial charge is 0.324 e. The van der Waals surface area contributed by atoms with E-state index in [0.29, 0.717) is 0 Å². The zero-order valence-electron chi connectivity index (χ0n) is 11.2. The van der Waals surface area contributed by atoms with Gasteiger partial charge in [-0.1, -0.05) is 32.6 Å². The molecule has 0 spiro atoms. The molecule has 0 atom stereocenters. The van der Waals surface area contributed by atoms with Gasteiger partial charge in [-0.05, 0) is 38.0 Å². The number of quaternary nitrogens is 1. The van der Waals surface area contributed by atoms with Crippen LogP contribution in [-0.4, -0.2) is 30.7 Å². The van der Waals surface area contributed by atoms with Crippen LogP contribution in [0.4, 0.5) is 0 Å². The summed E-state index contributed by atoms with van der Waals surface area (Å²) in [6.45, 7) is 8.34. The summed E-state index contributed by atoms with van der Waals surface area (Å²) in [6, 6.07) is 0. The number of piperidine rings is 3. The standard InChI is InChI=1S/C15H30N/c1-2-3-4-5-6-7-11-16-12-8-15(9-13-16)10-14-16/h15H,2-14H2,1H3/q+1. The molecule has 3 saturated heterocycles. The Bertz CT molecular complexity index is 178. The summed E-state index contributed by atoms with van der Waals surface area (Å²) in [5, 5.41) is 0. The van der Waals surface area contributed by atoms with Crippen molar-refractivity contribution in [2.24, 2.45) is 5.92 Å². The van der Waals surface area contributed by atoms with Crippen LogP contribution in [0.25, 0.3) is 0 Å². The molecule has 0 radical (unpaired) electrons. The van der Waals surface area contributed by atoms with E-state index in [4.69, 9.17) is 0 Å². The minimum absolute atomic E-state index is 1.12. The van der Waals surface area contributed by atoms with Crippen LogP contribution in [0.5, 0.6) is 0 Å². The number of hydrogen-bond acceptors (Lipinski definition) is 0. The van der Waals surface area contributed by atoms with Gasteiger partial charge in [-0.25, -0.2) is 0 Å². The molecule has 1 nitrogen and oxygen atoms in total. The first kappa shape index (κ1) is 12.4. The third-order valence-corrected chi connectivity index (χ3v) is 5.02. The summed E-state index contributed by atoms with van der Waals surface area (Å²) in [6.07, 6.45) is 13.4. The third-order valence-electron chi connectivity index (χ3n) is 5.02. The first-order valence-corrected chi connectivity index (χ1v) is 7.70. The van der Waals surface area contributed by atoms with Gasteiger partial charge in [-0.3, -0.25) is 0 Å². The molecule has 3 heterocycles. The van der Waals surface area contributed by atoms with Crippen LogP contribution in [0.1, 0.15) is 64.7 Å². The zero-order chi connectivity index (χ0) is 11.3. The maximum atomic E-state index is 2.30. The van der Waals surface area contributed by atoms with Crippen LogP contribution in [-0.2, 0) is 0 Å². The van der Waals surface area contributed by atoms with Gasteiger partial charge < -0.3 is 4.48 Å². The fourth-order valence-corrected chi connectivity index (χ4v) is 3.70. The number of nitrogens with zero attached hydrogens (tertiary/aromatic N) is 1. The molecule has 3 fully saturated rings. The van der Waals surface area contributed by atoms with Crippen LogP contribution >= 0.6 is 0 Å². The lowest BCUT2D eigenvalue weighted by molar-refractivity contribution is -0.942. The van der Waals surface area contributed by atoms with Gasteiger partial charge in [0.25, 0.3) is 0 Å². The maximum absolute atomic E-state index is 2.30. The summed E-state index contributed by atoms with van der Waals surface area (Å²) in [5.41, 5.74) is 0. The van der Waals surface area contributed by atoms with Gasteiger partial charge >= 0.3 is 0 Å². The first-order chi connectivity index (χ1) is 7.85. The van der Waals surface area contributed by atoms with Crippen molar-refractivity contribution in [1.82, 2.24) is 0 Å². The van der Waals surface area contributed by atoms with Gasteiger partial charge in [0.2, 0.25) is 0 Å². The predicted molar refractivity (Wildman–Crippen MR) is 70.4 cm³/mol. The second-order valence-corrected chi connectivity index (χ2v) is 6.24. The Morgan fingerprint density at radius 1 is 0.812 bits per heavy atom. The normalized spacial score (nSPS) is 33.2. The van der Waals surface area contributed by atoms with E-state index in [0.717, 1.165) is 5.92 Å². The summed E-state index contributed by atoms with van der Waals surface area (Å²) in [5.74, 6) is 1.12. The highest BCUT2D eigenvalue weighted by molar-refractivity contribution is 4.71. The van der Waals surface area contributed by atoms with Crippen molar-refractivity contribution >= 4 is 0 Å². The monoisotopic (exact) mass is 224 g/mol. The van der Waals surface area contributed by atoms with E-state index in [-0.39, 0.29) is 0 Å². The quantitative estimate of drug-likeness (QED) is 0.453. The van der Waals surface area contributed by atoms with Crippen molar-refractivity contribution in [2.75, 3.05) is 26.2 Å². The van der Waals surface area contributed by atoms with Crippen LogP contribution in [0.3, 0.4) is 0 Å². The molecule has 0 unspecified atom stereocenters. The van der Waals surface area contributed by atoms with Crippen molar-refractivity contribution in [3.05, 3.63) is 0 Å². The number of rotatable bonds is 7. The highest BCUT2D eigenvalue weighted by Gasteiger charge is 2.38. The fraction of sp³-hybridized carbons (Fsp3) is 1.00. The molecule has 3 aliphatic rings. The van der Waals surface area contributed by atoms with Gasteiger partial charge in [0.1, 0.15) is 0 Å². The smallest absolute Gasteiger partial charge is 0.0789 e. The van der Waals surface area contributed by atoms with E-state index in [2.05, 4.69) is 6.92 Å². The van der Waals surface area contributed by atoms with E-state index >= 15 is 0 Å². The molecule has 2 bridgehead atoms. The number of hydrogen-bond donors (Lipinski definition) is 0. The predicted octanol–water partition coefficient (Wildman–Crippen LogP) is 3.98. The summed E-state index contributed by atoms with van der Waals surface area (Å²) < 4.78 is 1.50. The van der Waals surface area contributed by atoms with Crippen molar-refractivity contribution in [1.29, 1.82) is 0 Å². The van der Waals surface area contributed by atoms with E-state index in [1.807, 2.05) is 0 Å². The minimum Gasteiger partial charge on any atom is -0.324 e. The van der Waals surface area contributed by atoms with Crippen molar-refractivity contribution < 1.29 is 4.48 Å². The van der Waals surface area contributed by atoms with E-state index in [9.17, 15) is 0 Å². The van der Waals surface area contributed by atoms with Crippen LogP contribution in [0.2, 0.25) is 0 Å². The lowest BCUT2D eigenvalue weighted by Gasteiger charge is -2.49. The molecule has 1 heteroatoms. The molecule has 94 valence electrons. The third kappa shape index (κ3) is 3.23. The van der Waals surface area contributed by atoms with E-state index < -0.39 is 0 Å². The minimum atomic E-state index is 1.12. The number of unbranched alkanes of at least 4 members (excludes halogenated alkanes) is 5. The lowest BCUT2D eigenvalue weighted by atomic mass is 9.85. The van der Waals surface area contributed by atoms with Crippen molar-refractivity contribution in [3.8, 4) is 0 Å². The second-order valence-electron chi connectivity index (χ2n) is 6.24. The molecule has 0 N–H and O–H groups in total. The zero-order valence-corrected chi connectivity index (χ0v) is 11.2. The topological polar surface area (TPSA) is 0 Å². The van der Waals surface area contributed by atoms with Gasteiger partial charge in [0.05, 0.1) is 26.2 Å². The molecule has 16 heavy (non-hydrogen) atoms. The Kier molecular flexibility index (Phi) is 4.69. The molecule has 0 aromatic carbocycles. The number of fused-ring (bicyclic) bond motifs is 3. The van der Waals surface area contributed by atoms with Crippen molar-refractivity contribution in [2.45, 2.75) is 64.7 Å². The fourth-order valence-electron chi connectivity index (χ4n) is 3.70. The second kappa shape index (κ2) is 6.05. The molecule has 3 aliphatic heterocycles. The van der Waals surface area contributed by atoms with E-state index in [1.165, 1.54) is 88.4 Å². The lowest BCUT2D eigenvalue weighted by Crippen LogP contribution is -2.58. The van der Waals surface area contributed by atoms with Crippen LogP contribution in [0, 0.1) is 5.92 Å². The Labute approximate surface area is 102 Å².